The van der Waals surface area contributed by atoms with Crippen LogP contribution in [0.15, 0.2) is 48.5 Å². The van der Waals surface area contributed by atoms with Crippen molar-refractivity contribution < 1.29 is 15.0 Å². The van der Waals surface area contributed by atoms with Gasteiger partial charge < -0.3 is 10.2 Å². The van der Waals surface area contributed by atoms with Crippen LogP contribution in [0.4, 0.5) is 0 Å². The number of carbonyl (C=O) groups is 1. The van der Waals surface area contributed by atoms with E-state index in [9.17, 15) is 9.90 Å². The molecule has 0 bridgehead atoms. The van der Waals surface area contributed by atoms with Gasteiger partial charge in [-0.2, -0.15) is 0 Å². The lowest BCUT2D eigenvalue weighted by atomic mass is 10.2. The van der Waals surface area contributed by atoms with Gasteiger partial charge in [0, 0.05) is 12.1 Å². The first-order chi connectivity index (χ1) is 9.15. The van der Waals surface area contributed by atoms with Crippen molar-refractivity contribution in [3.63, 3.8) is 0 Å². The Morgan fingerprint density at radius 3 is 2.42 bits per heavy atom. The highest BCUT2D eigenvalue weighted by molar-refractivity contribution is 5.93. The van der Waals surface area contributed by atoms with Gasteiger partial charge in [0.25, 0.3) is 5.91 Å². The zero-order valence-electron chi connectivity index (χ0n) is 10.1. The summed E-state index contributed by atoms with van der Waals surface area (Å²) in [6, 6.07) is 12.7. The minimum absolute atomic E-state index is 0.115. The largest absolute Gasteiger partial charge is 0.508 e. The predicted octanol–water partition coefficient (Wildman–Crippen LogP) is 1.53. The molecule has 19 heavy (non-hydrogen) atoms. The fraction of sp³-hybridized carbons (Fsp3) is 0.0714. The van der Waals surface area contributed by atoms with Crippen molar-refractivity contribution in [2.45, 2.75) is 6.54 Å². The number of phenolic OH excluding ortho intramolecular Hbond substituents is 2. The molecule has 4 N–H and O–H groups in total. The lowest BCUT2D eigenvalue weighted by Gasteiger charge is -2.07. The third-order valence-corrected chi connectivity index (χ3v) is 2.53. The number of carbonyl (C=O) groups excluding carboxylic acids is 1. The second-order valence-electron chi connectivity index (χ2n) is 4.02. The summed E-state index contributed by atoms with van der Waals surface area (Å²) in [6.45, 7) is 0.401. The maximum atomic E-state index is 11.7. The van der Waals surface area contributed by atoms with E-state index in [0.29, 0.717) is 12.1 Å². The van der Waals surface area contributed by atoms with E-state index in [0.717, 1.165) is 5.56 Å². The zero-order valence-corrected chi connectivity index (χ0v) is 10.1. The molecule has 0 fully saturated rings. The molecule has 2 rings (SSSR count). The van der Waals surface area contributed by atoms with E-state index < -0.39 is 0 Å². The van der Waals surface area contributed by atoms with E-state index in [2.05, 4.69) is 10.9 Å². The Kier molecular flexibility index (Phi) is 4.00. The molecule has 0 aliphatic rings. The maximum Gasteiger partial charge on any atom is 0.265 e. The number of phenols is 2. The molecular weight excluding hydrogens is 244 g/mol. The molecule has 1 amide bonds. The topological polar surface area (TPSA) is 81.6 Å². The highest BCUT2D eigenvalue weighted by Gasteiger charge is 2.04. The van der Waals surface area contributed by atoms with Crippen LogP contribution in [0.5, 0.6) is 11.5 Å². The Labute approximate surface area is 110 Å². The van der Waals surface area contributed by atoms with Crippen molar-refractivity contribution >= 4 is 5.91 Å². The van der Waals surface area contributed by atoms with E-state index >= 15 is 0 Å². The van der Waals surface area contributed by atoms with Gasteiger partial charge in [0.1, 0.15) is 11.5 Å². The monoisotopic (exact) mass is 258 g/mol. The Morgan fingerprint density at radius 1 is 1.00 bits per heavy atom. The number of hydrogen-bond donors (Lipinski definition) is 4. The van der Waals surface area contributed by atoms with Gasteiger partial charge in [-0.25, -0.2) is 5.43 Å². The second-order valence-corrected chi connectivity index (χ2v) is 4.02. The molecular formula is C14H14N2O3. The molecule has 0 aliphatic carbocycles. The first kappa shape index (κ1) is 12.9. The molecule has 0 aromatic heterocycles. The van der Waals surface area contributed by atoms with Crippen LogP contribution in [0.2, 0.25) is 0 Å². The summed E-state index contributed by atoms with van der Waals surface area (Å²) in [6.07, 6.45) is 0. The van der Waals surface area contributed by atoms with Crippen LogP contribution in [0, 0.1) is 0 Å². The molecule has 5 heteroatoms. The summed E-state index contributed by atoms with van der Waals surface area (Å²) in [7, 11) is 0. The SMILES string of the molecule is O=C(NNCc1cccc(O)c1)c1ccc(O)cc1. The van der Waals surface area contributed by atoms with Crippen LogP contribution < -0.4 is 10.9 Å². The highest BCUT2D eigenvalue weighted by Crippen LogP contribution is 2.10. The molecule has 2 aromatic rings. The quantitative estimate of drug-likeness (QED) is 0.627. The van der Waals surface area contributed by atoms with E-state index in [1.54, 1.807) is 18.2 Å². The first-order valence-electron chi connectivity index (χ1n) is 5.75. The molecule has 0 unspecified atom stereocenters. The van der Waals surface area contributed by atoms with Crippen LogP contribution in [0.1, 0.15) is 15.9 Å². The number of benzene rings is 2. The van der Waals surface area contributed by atoms with Crippen molar-refractivity contribution in [2.24, 2.45) is 0 Å². The van der Waals surface area contributed by atoms with E-state index in [1.165, 1.54) is 24.3 Å². The molecule has 0 atom stereocenters. The van der Waals surface area contributed by atoms with Crippen LogP contribution >= 0.6 is 0 Å². The average Bonchev–Trinajstić information content (AvgIpc) is 2.39. The van der Waals surface area contributed by atoms with Gasteiger partial charge in [0.15, 0.2) is 0 Å². The first-order valence-corrected chi connectivity index (χ1v) is 5.75. The average molecular weight is 258 g/mol. The van der Waals surface area contributed by atoms with Crippen LogP contribution in [0.3, 0.4) is 0 Å². The van der Waals surface area contributed by atoms with Gasteiger partial charge in [0.2, 0.25) is 0 Å². The summed E-state index contributed by atoms with van der Waals surface area (Å²) < 4.78 is 0. The van der Waals surface area contributed by atoms with Crippen LogP contribution in [0.25, 0.3) is 0 Å². The third kappa shape index (κ3) is 3.72. The van der Waals surface area contributed by atoms with Crippen molar-refractivity contribution in [1.29, 1.82) is 0 Å². The van der Waals surface area contributed by atoms with Gasteiger partial charge in [-0.05, 0) is 42.0 Å². The van der Waals surface area contributed by atoms with Gasteiger partial charge in [0.05, 0.1) is 0 Å². The number of nitrogens with one attached hydrogen (secondary N) is 2. The number of hydrazine groups is 1. The lowest BCUT2D eigenvalue weighted by Crippen LogP contribution is -2.36. The molecule has 0 heterocycles. The molecule has 0 saturated carbocycles. The lowest BCUT2D eigenvalue weighted by molar-refractivity contribution is 0.0932. The number of hydrogen-bond acceptors (Lipinski definition) is 4. The number of aromatic hydroxyl groups is 2. The van der Waals surface area contributed by atoms with Gasteiger partial charge in [-0.3, -0.25) is 10.2 Å². The zero-order chi connectivity index (χ0) is 13.7. The van der Waals surface area contributed by atoms with Crippen molar-refractivity contribution in [3.8, 4) is 11.5 Å². The van der Waals surface area contributed by atoms with Crippen LogP contribution in [-0.4, -0.2) is 16.1 Å². The summed E-state index contributed by atoms with van der Waals surface area (Å²) in [5.74, 6) is 0.00795. The Balaban J connectivity index is 1.86. The van der Waals surface area contributed by atoms with E-state index in [-0.39, 0.29) is 17.4 Å². The summed E-state index contributed by atoms with van der Waals surface area (Å²) in [4.78, 5) is 11.7. The minimum Gasteiger partial charge on any atom is -0.508 e. The predicted molar refractivity (Wildman–Crippen MR) is 70.5 cm³/mol. The third-order valence-electron chi connectivity index (χ3n) is 2.53. The van der Waals surface area contributed by atoms with Crippen molar-refractivity contribution in [1.82, 2.24) is 10.9 Å². The Morgan fingerprint density at radius 2 is 1.74 bits per heavy atom. The van der Waals surface area contributed by atoms with Crippen molar-refractivity contribution in [3.05, 3.63) is 59.7 Å². The summed E-state index contributed by atoms with van der Waals surface area (Å²) >= 11 is 0. The molecule has 5 nitrogen and oxygen atoms in total. The standard InChI is InChI=1S/C14H14N2O3/c17-12-6-4-11(5-7-12)14(19)16-15-9-10-2-1-3-13(18)8-10/h1-8,15,17-18H,9H2,(H,16,19). The summed E-state index contributed by atoms with van der Waals surface area (Å²) in [5.41, 5.74) is 6.60. The van der Waals surface area contributed by atoms with E-state index in [4.69, 9.17) is 5.11 Å². The van der Waals surface area contributed by atoms with Gasteiger partial charge >= 0.3 is 0 Å². The molecule has 0 aliphatic heterocycles. The Bertz CT molecular complexity index is 567. The second kappa shape index (κ2) is 5.88. The molecule has 2 aromatic carbocycles. The normalized spacial score (nSPS) is 10.1. The maximum absolute atomic E-state index is 11.7. The fourth-order valence-electron chi connectivity index (χ4n) is 1.58. The van der Waals surface area contributed by atoms with Crippen LogP contribution in [-0.2, 0) is 6.54 Å². The molecule has 0 spiro atoms. The minimum atomic E-state index is -0.292. The van der Waals surface area contributed by atoms with Crippen molar-refractivity contribution in [2.75, 3.05) is 0 Å². The molecule has 0 radical (unpaired) electrons. The number of rotatable bonds is 4. The highest BCUT2D eigenvalue weighted by atomic mass is 16.3. The summed E-state index contributed by atoms with van der Waals surface area (Å²) in [5, 5.41) is 18.4. The van der Waals surface area contributed by atoms with Gasteiger partial charge in [-0.15, -0.1) is 0 Å². The molecule has 0 saturated heterocycles. The van der Waals surface area contributed by atoms with Gasteiger partial charge in [-0.1, -0.05) is 12.1 Å². The van der Waals surface area contributed by atoms with E-state index in [1.807, 2.05) is 6.07 Å². The molecule has 98 valence electrons. The fourth-order valence-corrected chi connectivity index (χ4v) is 1.58. The smallest absolute Gasteiger partial charge is 0.265 e. The Hall–Kier alpha value is -2.53. The number of amides is 1.